The topological polar surface area (TPSA) is 166 Å². The summed E-state index contributed by atoms with van der Waals surface area (Å²) in [6.07, 6.45) is -3.09. The van der Waals surface area contributed by atoms with Gasteiger partial charge in [0.05, 0.1) is 24.7 Å². The van der Waals surface area contributed by atoms with Gasteiger partial charge in [0.1, 0.15) is 63.8 Å². The fraction of sp³-hybridized carbons (Fsp3) is 0.194. The molecule has 41 heavy (non-hydrogen) atoms. The first-order chi connectivity index (χ1) is 19.7. The number of phenols is 5. The van der Waals surface area contributed by atoms with E-state index in [4.69, 9.17) is 14.2 Å². The van der Waals surface area contributed by atoms with Gasteiger partial charge < -0.3 is 44.8 Å². The molecule has 6 rings (SSSR count). The fourth-order valence-corrected chi connectivity index (χ4v) is 5.55. The Hall–Kier alpha value is -5.09. The van der Waals surface area contributed by atoms with E-state index in [1.165, 1.54) is 31.4 Å². The molecular formula is C31H26O10. The molecule has 0 amide bonds. The van der Waals surface area contributed by atoms with Gasteiger partial charge in [-0.25, -0.2) is 0 Å². The van der Waals surface area contributed by atoms with Gasteiger partial charge in [0.2, 0.25) is 0 Å². The summed E-state index contributed by atoms with van der Waals surface area (Å²) in [5, 5.41) is 63.8. The fourth-order valence-electron chi connectivity index (χ4n) is 5.55. The van der Waals surface area contributed by atoms with Gasteiger partial charge in [-0.05, 0) is 35.4 Å². The number of hydrogen-bond donors (Lipinski definition) is 6. The molecule has 2 aliphatic heterocycles. The maximum absolute atomic E-state index is 14.0. The van der Waals surface area contributed by atoms with Crippen LogP contribution >= 0.6 is 0 Å². The van der Waals surface area contributed by atoms with Crippen LogP contribution < -0.4 is 14.2 Å². The van der Waals surface area contributed by atoms with E-state index in [2.05, 4.69) is 0 Å². The second-order valence-electron chi connectivity index (χ2n) is 10.0. The van der Waals surface area contributed by atoms with Crippen LogP contribution in [0.2, 0.25) is 0 Å². The molecule has 0 spiro atoms. The predicted octanol–water partition coefficient (Wildman–Crippen LogP) is 4.36. The first-order valence-corrected chi connectivity index (χ1v) is 12.8. The molecule has 4 atom stereocenters. The summed E-state index contributed by atoms with van der Waals surface area (Å²) in [5.74, 6) is -3.06. The van der Waals surface area contributed by atoms with Crippen molar-refractivity contribution in [3.8, 4) is 46.0 Å². The Morgan fingerprint density at radius 1 is 0.756 bits per heavy atom. The number of carbonyl (C=O) groups excluding carboxylic acids is 1. The van der Waals surface area contributed by atoms with E-state index < -0.39 is 47.3 Å². The zero-order valence-electron chi connectivity index (χ0n) is 21.7. The van der Waals surface area contributed by atoms with Crippen LogP contribution in [0.3, 0.4) is 0 Å². The molecule has 0 fully saturated rings. The van der Waals surface area contributed by atoms with Crippen molar-refractivity contribution in [1.29, 1.82) is 0 Å². The van der Waals surface area contributed by atoms with Gasteiger partial charge in [-0.15, -0.1) is 0 Å². The third-order valence-electron chi connectivity index (χ3n) is 7.53. The first-order valence-electron chi connectivity index (χ1n) is 12.8. The summed E-state index contributed by atoms with van der Waals surface area (Å²) < 4.78 is 17.4. The van der Waals surface area contributed by atoms with Crippen LogP contribution in [0.15, 0.2) is 66.7 Å². The van der Waals surface area contributed by atoms with Crippen LogP contribution in [0, 0.1) is 0 Å². The van der Waals surface area contributed by atoms with Crippen LogP contribution in [-0.4, -0.2) is 49.6 Å². The minimum atomic E-state index is -1.33. The lowest BCUT2D eigenvalue weighted by Crippen LogP contribution is -2.32. The number of aliphatic hydroxyl groups excluding tert-OH is 1. The molecule has 0 bridgehead atoms. The number of ketones is 1. The molecule has 210 valence electrons. The standard InChI is InChI=1S/C31H26O10/c1-39-18-8-4-15(5-9-18)31-27(29(38)25-20(34)10-17(33)11-24(25)41-31)26-21(35)13-23-19(28(26)37)12-22(36)30(40-23)14-2-6-16(32)7-3-14/h2-11,13,22,27,30-37H,12H2,1H3/t22-,27+,30-,31-/m0/s1. The molecule has 10 nitrogen and oxygen atoms in total. The second kappa shape index (κ2) is 9.83. The molecule has 2 aliphatic rings. The maximum atomic E-state index is 14.0. The summed E-state index contributed by atoms with van der Waals surface area (Å²) in [6.45, 7) is 0. The second-order valence-corrected chi connectivity index (χ2v) is 10.0. The molecule has 0 aromatic heterocycles. The van der Waals surface area contributed by atoms with E-state index in [-0.39, 0.29) is 46.1 Å². The van der Waals surface area contributed by atoms with E-state index in [1.54, 1.807) is 36.4 Å². The normalized spacial score (nSPS) is 21.3. The third kappa shape index (κ3) is 4.38. The van der Waals surface area contributed by atoms with E-state index in [1.807, 2.05) is 0 Å². The number of Topliss-reactive ketones (excluding diaryl/α,β-unsaturated/α-hetero) is 1. The van der Waals surface area contributed by atoms with Crippen molar-refractivity contribution in [1.82, 2.24) is 0 Å². The van der Waals surface area contributed by atoms with Gasteiger partial charge in [-0.1, -0.05) is 24.3 Å². The lowest BCUT2D eigenvalue weighted by molar-refractivity contribution is 0.0196. The van der Waals surface area contributed by atoms with Crippen molar-refractivity contribution in [3.63, 3.8) is 0 Å². The SMILES string of the molecule is COc1ccc([C@@H]2Oc3cc(O)cc(O)c3C(=O)[C@H]2c2c(O)cc3c(c2O)C[C@H](O)[C@H](c2ccc(O)cc2)O3)cc1. The highest BCUT2D eigenvalue weighted by atomic mass is 16.5. The molecule has 0 saturated carbocycles. The maximum Gasteiger partial charge on any atom is 0.182 e. The van der Waals surface area contributed by atoms with Gasteiger partial charge in [0.15, 0.2) is 5.78 Å². The number of aliphatic hydroxyl groups is 1. The number of ether oxygens (including phenoxy) is 3. The summed E-state index contributed by atoms with van der Waals surface area (Å²) in [6, 6.07) is 16.3. The largest absolute Gasteiger partial charge is 0.508 e. The molecule has 0 unspecified atom stereocenters. The monoisotopic (exact) mass is 558 g/mol. The number of rotatable bonds is 4. The van der Waals surface area contributed by atoms with Gasteiger partial charge >= 0.3 is 0 Å². The van der Waals surface area contributed by atoms with Crippen LogP contribution in [0.25, 0.3) is 0 Å². The molecule has 10 heteroatoms. The highest BCUT2D eigenvalue weighted by Gasteiger charge is 2.45. The van der Waals surface area contributed by atoms with Crippen molar-refractivity contribution in [3.05, 3.63) is 94.5 Å². The minimum Gasteiger partial charge on any atom is -0.508 e. The molecule has 0 aliphatic carbocycles. The Bertz CT molecular complexity index is 1650. The number of benzene rings is 4. The summed E-state index contributed by atoms with van der Waals surface area (Å²) in [7, 11) is 1.51. The average Bonchev–Trinajstić information content (AvgIpc) is 2.94. The number of aromatic hydroxyl groups is 5. The van der Waals surface area contributed by atoms with Crippen LogP contribution in [0.1, 0.15) is 50.7 Å². The van der Waals surface area contributed by atoms with Crippen LogP contribution in [0.5, 0.6) is 46.0 Å². The Morgan fingerprint density at radius 2 is 1.39 bits per heavy atom. The number of carbonyl (C=O) groups is 1. The molecule has 0 saturated heterocycles. The third-order valence-corrected chi connectivity index (χ3v) is 7.53. The van der Waals surface area contributed by atoms with Crippen molar-refractivity contribution in [2.45, 2.75) is 30.7 Å². The van der Waals surface area contributed by atoms with Gasteiger partial charge in [-0.2, -0.15) is 0 Å². The van der Waals surface area contributed by atoms with Crippen molar-refractivity contribution < 1.29 is 49.6 Å². The lowest BCUT2D eigenvalue weighted by atomic mass is 9.78. The molecule has 4 aromatic carbocycles. The van der Waals surface area contributed by atoms with E-state index in [9.17, 15) is 35.4 Å². The molecule has 6 N–H and O–H groups in total. The minimum absolute atomic E-state index is 0.0491. The van der Waals surface area contributed by atoms with E-state index >= 15 is 0 Å². The molecule has 2 heterocycles. The van der Waals surface area contributed by atoms with E-state index in [0.717, 1.165) is 6.07 Å². The van der Waals surface area contributed by atoms with Crippen LogP contribution in [0.4, 0.5) is 0 Å². The summed E-state index contributed by atoms with van der Waals surface area (Å²) in [4.78, 5) is 14.0. The zero-order chi connectivity index (χ0) is 29.0. The molecular weight excluding hydrogens is 532 g/mol. The lowest BCUT2D eigenvalue weighted by Gasteiger charge is -2.36. The highest BCUT2D eigenvalue weighted by Crippen LogP contribution is 2.54. The number of hydrogen-bond acceptors (Lipinski definition) is 10. The quantitative estimate of drug-likeness (QED) is 0.212. The summed E-state index contributed by atoms with van der Waals surface area (Å²) in [5.41, 5.74) is 0.888. The Kier molecular flexibility index (Phi) is 6.27. The van der Waals surface area contributed by atoms with Gasteiger partial charge in [0.25, 0.3) is 0 Å². The smallest absolute Gasteiger partial charge is 0.182 e. The van der Waals surface area contributed by atoms with Crippen molar-refractivity contribution in [2.75, 3.05) is 7.11 Å². The van der Waals surface area contributed by atoms with Crippen molar-refractivity contribution in [2.24, 2.45) is 0 Å². The van der Waals surface area contributed by atoms with Crippen molar-refractivity contribution >= 4 is 5.78 Å². The summed E-state index contributed by atoms with van der Waals surface area (Å²) >= 11 is 0. The van der Waals surface area contributed by atoms with Gasteiger partial charge in [0, 0.05) is 30.2 Å². The highest BCUT2D eigenvalue weighted by molar-refractivity contribution is 6.07. The first kappa shape index (κ1) is 26.1. The Morgan fingerprint density at radius 3 is 2.07 bits per heavy atom. The molecule has 4 aromatic rings. The molecule has 0 radical (unpaired) electrons. The Balaban J connectivity index is 1.47. The average molecular weight is 559 g/mol. The number of methoxy groups -OCH3 is 1. The zero-order valence-corrected chi connectivity index (χ0v) is 21.7. The number of phenolic OH excluding ortho intramolecular Hbond substituents is 5. The van der Waals surface area contributed by atoms with Crippen LogP contribution in [-0.2, 0) is 6.42 Å². The Labute approximate surface area is 233 Å². The van der Waals surface area contributed by atoms with Gasteiger partial charge in [-0.3, -0.25) is 4.79 Å². The van der Waals surface area contributed by atoms with E-state index in [0.29, 0.717) is 16.9 Å². The number of fused-ring (bicyclic) bond motifs is 2. The predicted molar refractivity (Wildman–Crippen MR) is 144 cm³/mol.